The number of nitriles is 1. The van der Waals surface area contributed by atoms with Gasteiger partial charge in [-0.25, -0.2) is 14.2 Å². The number of anilines is 1. The van der Waals surface area contributed by atoms with E-state index in [1.54, 1.807) is 39.1 Å². The Bertz CT molecular complexity index is 1770. The van der Waals surface area contributed by atoms with Gasteiger partial charge in [0.15, 0.2) is 0 Å². The Morgan fingerprint density at radius 3 is 2.44 bits per heavy atom. The zero-order chi connectivity index (χ0) is 31.5. The normalized spacial score (nSPS) is 18.1. The second-order valence-corrected chi connectivity index (χ2v) is 11.2. The molecule has 0 aliphatic carbocycles. The van der Waals surface area contributed by atoms with Gasteiger partial charge >= 0.3 is 6.03 Å². The van der Waals surface area contributed by atoms with Crippen LogP contribution in [0.2, 0.25) is 0 Å². The Morgan fingerprint density at radius 2 is 1.69 bits per heavy atom. The summed E-state index contributed by atoms with van der Waals surface area (Å²) in [4.78, 5) is 44.5. The highest BCUT2D eigenvalue weighted by Gasteiger charge is 2.52. The van der Waals surface area contributed by atoms with Crippen molar-refractivity contribution in [3.63, 3.8) is 0 Å². The van der Waals surface area contributed by atoms with Gasteiger partial charge in [-0.3, -0.25) is 9.59 Å². The van der Waals surface area contributed by atoms with Crippen LogP contribution >= 0.6 is 0 Å². The molecule has 4 amide bonds. The first kappa shape index (κ1) is 29.6. The van der Waals surface area contributed by atoms with E-state index in [0.717, 1.165) is 21.9 Å². The summed E-state index contributed by atoms with van der Waals surface area (Å²) in [5.41, 5.74) is 8.96. The number of hydrazine groups is 1. The van der Waals surface area contributed by atoms with Crippen LogP contribution in [0.1, 0.15) is 16.7 Å². The van der Waals surface area contributed by atoms with Gasteiger partial charge in [0.1, 0.15) is 24.6 Å². The van der Waals surface area contributed by atoms with Crippen LogP contribution in [0.3, 0.4) is 0 Å². The maximum absolute atomic E-state index is 14.2. The summed E-state index contributed by atoms with van der Waals surface area (Å²) < 4.78 is 13.4. The minimum absolute atomic E-state index is 0.0999. The van der Waals surface area contributed by atoms with Crippen molar-refractivity contribution in [3.05, 3.63) is 114 Å². The molecule has 228 valence electrons. The van der Waals surface area contributed by atoms with Crippen molar-refractivity contribution in [1.82, 2.24) is 25.1 Å². The quantitative estimate of drug-likeness (QED) is 0.233. The predicted octanol–water partition coefficient (Wildman–Crippen LogP) is 3.64. The number of fused-ring (bicyclic) bond motifs is 2. The van der Waals surface area contributed by atoms with Crippen molar-refractivity contribution in [2.45, 2.75) is 31.7 Å². The average molecular weight is 606 g/mol. The van der Waals surface area contributed by atoms with Gasteiger partial charge in [0.2, 0.25) is 11.8 Å². The molecule has 2 saturated heterocycles. The van der Waals surface area contributed by atoms with Gasteiger partial charge in [-0.15, -0.1) is 0 Å². The number of carbonyl (C=O) groups excluding carboxylic acids is 3. The Hall–Kier alpha value is -5.47. The van der Waals surface area contributed by atoms with Crippen LogP contribution in [0, 0.1) is 17.1 Å². The second kappa shape index (κ2) is 12.6. The first-order chi connectivity index (χ1) is 21.8. The number of nitrogens with two attached hydrogens (primary N) is 1. The standard InChI is InChI=1S/C34H32FN7O3/c35-27-12-8-24(9-13-27)19-38-34(45)40(17-16-36)41-22-32(43)42-30(18-23-10-14-28(37)15-11-23)33(44)39(21-31(41)42)20-26-6-3-5-25-4-1-2-7-29(25)26/h1-15,30-31H,17-22,37H2,(H,38,45)/t30-,31+/m0/s1. The lowest BCUT2D eigenvalue weighted by Gasteiger charge is -2.46. The van der Waals surface area contributed by atoms with Crippen molar-refractivity contribution in [2.75, 3.05) is 25.4 Å². The summed E-state index contributed by atoms with van der Waals surface area (Å²) in [5.74, 6) is -0.896. The Morgan fingerprint density at radius 1 is 0.978 bits per heavy atom. The molecule has 4 aromatic carbocycles. The van der Waals surface area contributed by atoms with Gasteiger partial charge < -0.3 is 20.9 Å². The van der Waals surface area contributed by atoms with Gasteiger partial charge in [0.05, 0.1) is 19.2 Å². The lowest BCUT2D eigenvalue weighted by molar-refractivity contribution is -0.157. The highest BCUT2D eigenvalue weighted by molar-refractivity contribution is 5.92. The third-order valence-corrected chi connectivity index (χ3v) is 8.34. The smallest absolute Gasteiger partial charge is 0.333 e. The van der Waals surface area contributed by atoms with Crippen molar-refractivity contribution in [3.8, 4) is 6.07 Å². The fourth-order valence-corrected chi connectivity index (χ4v) is 6.12. The van der Waals surface area contributed by atoms with Crippen LogP contribution < -0.4 is 11.1 Å². The molecule has 0 spiro atoms. The van der Waals surface area contributed by atoms with Crippen molar-refractivity contribution < 1.29 is 18.8 Å². The molecule has 2 fully saturated rings. The minimum Gasteiger partial charge on any atom is -0.399 e. The molecule has 3 N–H and O–H groups in total. The molecular weight excluding hydrogens is 573 g/mol. The topological polar surface area (TPSA) is 126 Å². The lowest BCUT2D eigenvalue weighted by atomic mass is 9.99. The maximum atomic E-state index is 14.2. The molecule has 0 aromatic heterocycles. The Kier molecular flexibility index (Phi) is 8.31. The number of nitrogens with one attached hydrogen (secondary N) is 1. The monoisotopic (exact) mass is 605 g/mol. The SMILES string of the molecule is N#CCN(C(=O)NCc1ccc(F)cc1)N1CC(=O)N2[C@@H](Cc3ccc(N)cc3)C(=O)N(Cc3cccc4ccccc34)C[C@@H]21. The number of rotatable bonds is 8. The second-order valence-electron chi connectivity index (χ2n) is 11.2. The number of amides is 4. The average Bonchev–Trinajstić information content (AvgIpc) is 3.37. The number of hydrogen-bond donors (Lipinski definition) is 2. The molecule has 0 bridgehead atoms. The van der Waals surface area contributed by atoms with E-state index >= 15 is 0 Å². The Labute approximate surface area is 260 Å². The molecule has 2 aliphatic rings. The van der Waals surface area contributed by atoms with Gasteiger partial charge in [-0.2, -0.15) is 10.3 Å². The molecule has 2 heterocycles. The first-order valence-electron chi connectivity index (χ1n) is 14.7. The third kappa shape index (κ3) is 6.14. The summed E-state index contributed by atoms with van der Waals surface area (Å²) in [6, 6.07) is 27.4. The summed E-state index contributed by atoms with van der Waals surface area (Å²) in [6.45, 7) is 0.0540. The largest absolute Gasteiger partial charge is 0.399 e. The molecule has 0 radical (unpaired) electrons. The molecule has 11 heteroatoms. The van der Waals surface area contributed by atoms with Crippen LogP contribution in [-0.2, 0) is 29.1 Å². The molecule has 10 nitrogen and oxygen atoms in total. The van der Waals surface area contributed by atoms with E-state index in [1.165, 1.54) is 17.1 Å². The van der Waals surface area contributed by atoms with Gasteiger partial charge in [-0.1, -0.05) is 66.7 Å². The summed E-state index contributed by atoms with van der Waals surface area (Å²) >= 11 is 0. The highest BCUT2D eigenvalue weighted by atomic mass is 19.1. The Balaban J connectivity index is 1.31. The molecule has 4 aromatic rings. The minimum atomic E-state index is -0.828. The predicted molar refractivity (Wildman–Crippen MR) is 166 cm³/mol. The number of urea groups is 1. The number of hydrogen-bond acceptors (Lipinski definition) is 6. The summed E-state index contributed by atoms with van der Waals surface area (Å²) in [6.07, 6.45) is -0.426. The van der Waals surface area contributed by atoms with Crippen LogP contribution in [-0.4, -0.2) is 69.5 Å². The van der Waals surface area contributed by atoms with Crippen molar-refractivity contribution in [2.24, 2.45) is 0 Å². The van der Waals surface area contributed by atoms with Crippen molar-refractivity contribution >= 4 is 34.3 Å². The highest BCUT2D eigenvalue weighted by Crippen LogP contribution is 2.31. The molecular formula is C34H32FN7O3. The molecule has 45 heavy (non-hydrogen) atoms. The number of halogens is 1. The van der Waals surface area contributed by atoms with E-state index in [4.69, 9.17) is 5.73 Å². The summed E-state index contributed by atoms with van der Waals surface area (Å²) in [5, 5.41) is 17.3. The molecule has 0 saturated carbocycles. The van der Waals surface area contributed by atoms with Gasteiger partial charge in [0.25, 0.3) is 0 Å². The van der Waals surface area contributed by atoms with Crippen LogP contribution in [0.15, 0.2) is 91.0 Å². The number of piperazine rings is 1. The van der Waals surface area contributed by atoms with E-state index in [-0.39, 0.29) is 50.2 Å². The van der Waals surface area contributed by atoms with E-state index < -0.39 is 18.2 Å². The first-order valence-corrected chi connectivity index (χ1v) is 14.7. The number of carbonyl (C=O) groups is 3. The zero-order valence-corrected chi connectivity index (χ0v) is 24.5. The fraction of sp³-hybridized carbons (Fsp3) is 0.235. The van der Waals surface area contributed by atoms with Crippen LogP contribution in [0.25, 0.3) is 10.8 Å². The number of benzene rings is 4. The molecule has 2 aliphatic heterocycles. The summed E-state index contributed by atoms with van der Waals surface area (Å²) in [7, 11) is 0. The number of nitrogens with zero attached hydrogens (tertiary/aromatic N) is 5. The van der Waals surface area contributed by atoms with E-state index in [0.29, 0.717) is 17.8 Å². The van der Waals surface area contributed by atoms with E-state index in [2.05, 4.69) is 5.32 Å². The van der Waals surface area contributed by atoms with Gasteiger partial charge in [0, 0.05) is 25.2 Å². The lowest BCUT2D eigenvalue weighted by Crippen LogP contribution is -2.66. The molecule has 6 rings (SSSR count). The third-order valence-electron chi connectivity index (χ3n) is 8.34. The number of nitrogen functional groups attached to an aromatic ring is 1. The van der Waals surface area contributed by atoms with Gasteiger partial charge in [-0.05, 0) is 51.7 Å². The van der Waals surface area contributed by atoms with E-state index in [9.17, 15) is 24.0 Å². The van der Waals surface area contributed by atoms with E-state index in [1.807, 2.05) is 60.7 Å². The maximum Gasteiger partial charge on any atom is 0.333 e. The molecule has 0 unspecified atom stereocenters. The fourth-order valence-electron chi connectivity index (χ4n) is 6.12. The van der Waals surface area contributed by atoms with Crippen LogP contribution in [0.4, 0.5) is 14.9 Å². The molecule has 2 atom stereocenters. The van der Waals surface area contributed by atoms with Crippen LogP contribution in [0.5, 0.6) is 0 Å². The zero-order valence-electron chi connectivity index (χ0n) is 24.5. The van der Waals surface area contributed by atoms with Crippen molar-refractivity contribution in [1.29, 1.82) is 5.26 Å².